The second-order valence-electron chi connectivity index (χ2n) is 5.02. The smallest absolute Gasteiger partial charge is 0.152 e. The molecule has 0 amide bonds. The van der Waals surface area contributed by atoms with Gasteiger partial charge in [-0.15, -0.1) is 0 Å². The first-order valence-electron chi connectivity index (χ1n) is 6.74. The number of nitrogens with zero attached hydrogens (tertiary/aromatic N) is 3. The third kappa shape index (κ3) is 1.77. The zero-order valence-corrected chi connectivity index (χ0v) is 10.8. The van der Waals surface area contributed by atoms with Crippen LogP contribution in [0.2, 0.25) is 0 Å². The number of anilines is 1. The zero-order chi connectivity index (χ0) is 12.5. The van der Waals surface area contributed by atoms with Crippen LogP contribution in [0, 0.1) is 5.92 Å². The van der Waals surface area contributed by atoms with E-state index in [1.165, 1.54) is 12.8 Å². The average molecular weight is 244 g/mol. The third-order valence-electron chi connectivity index (χ3n) is 3.96. The SMILES string of the molecule is CCC1CCN(c2nc3ccccn3c2CN)C1. The van der Waals surface area contributed by atoms with Crippen LogP contribution in [0.15, 0.2) is 24.4 Å². The Hall–Kier alpha value is -1.55. The zero-order valence-electron chi connectivity index (χ0n) is 10.8. The molecule has 2 aromatic rings. The first-order valence-corrected chi connectivity index (χ1v) is 6.74. The van der Waals surface area contributed by atoms with Crippen LogP contribution in [-0.2, 0) is 6.54 Å². The first kappa shape index (κ1) is 11.5. The van der Waals surface area contributed by atoms with Gasteiger partial charge in [-0.1, -0.05) is 19.4 Å². The van der Waals surface area contributed by atoms with Crippen molar-refractivity contribution < 1.29 is 0 Å². The molecular weight excluding hydrogens is 224 g/mol. The van der Waals surface area contributed by atoms with Crippen molar-refractivity contribution in [3.8, 4) is 0 Å². The molecule has 96 valence electrons. The van der Waals surface area contributed by atoms with Crippen LogP contribution in [-0.4, -0.2) is 22.5 Å². The largest absolute Gasteiger partial charge is 0.355 e. The molecule has 1 aliphatic heterocycles. The van der Waals surface area contributed by atoms with Crippen LogP contribution in [0.5, 0.6) is 0 Å². The lowest BCUT2D eigenvalue weighted by molar-refractivity contribution is 0.568. The summed E-state index contributed by atoms with van der Waals surface area (Å²) in [6, 6.07) is 6.08. The van der Waals surface area contributed by atoms with Gasteiger partial charge in [0.25, 0.3) is 0 Å². The van der Waals surface area contributed by atoms with E-state index in [1.807, 2.05) is 24.4 Å². The first-order chi connectivity index (χ1) is 8.83. The maximum atomic E-state index is 5.91. The van der Waals surface area contributed by atoms with E-state index in [4.69, 9.17) is 10.7 Å². The normalized spacial score (nSPS) is 19.9. The molecule has 1 saturated heterocycles. The highest BCUT2D eigenvalue weighted by atomic mass is 15.2. The summed E-state index contributed by atoms with van der Waals surface area (Å²) in [5.74, 6) is 1.89. The summed E-state index contributed by atoms with van der Waals surface area (Å²) in [5.41, 5.74) is 8.03. The van der Waals surface area contributed by atoms with Gasteiger partial charge in [-0.2, -0.15) is 0 Å². The molecular formula is C14H20N4. The summed E-state index contributed by atoms with van der Waals surface area (Å²) < 4.78 is 2.11. The molecule has 1 atom stereocenters. The number of hydrogen-bond donors (Lipinski definition) is 1. The maximum Gasteiger partial charge on any atom is 0.152 e. The van der Waals surface area contributed by atoms with Gasteiger partial charge in [0.1, 0.15) is 5.65 Å². The van der Waals surface area contributed by atoms with Crippen LogP contribution in [0.3, 0.4) is 0 Å². The minimum atomic E-state index is 0.536. The molecule has 0 saturated carbocycles. The molecule has 0 aromatic carbocycles. The molecule has 1 unspecified atom stereocenters. The summed E-state index contributed by atoms with van der Waals surface area (Å²) in [6.45, 7) is 5.03. The molecule has 1 aliphatic rings. The Kier molecular flexibility index (Phi) is 2.96. The van der Waals surface area contributed by atoms with Crippen molar-refractivity contribution >= 4 is 11.5 Å². The number of pyridine rings is 1. The van der Waals surface area contributed by atoms with Gasteiger partial charge < -0.3 is 15.0 Å². The lowest BCUT2D eigenvalue weighted by Crippen LogP contribution is -2.22. The maximum absolute atomic E-state index is 5.91. The van der Waals surface area contributed by atoms with Gasteiger partial charge in [-0.25, -0.2) is 4.98 Å². The fourth-order valence-electron chi connectivity index (χ4n) is 2.84. The fraction of sp³-hybridized carbons (Fsp3) is 0.500. The highest BCUT2D eigenvalue weighted by Crippen LogP contribution is 2.28. The highest BCUT2D eigenvalue weighted by molar-refractivity contribution is 5.56. The Balaban J connectivity index is 2.01. The van der Waals surface area contributed by atoms with Crippen molar-refractivity contribution in [2.24, 2.45) is 11.7 Å². The van der Waals surface area contributed by atoms with Crippen LogP contribution in [0.25, 0.3) is 5.65 Å². The Morgan fingerprint density at radius 3 is 3.06 bits per heavy atom. The molecule has 0 bridgehead atoms. The number of aromatic nitrogens is 2. The van der Waals surface area contributed by atoms with Crippen molar-refractivity contribution in [2.45, 2.75) is 26.3 Å². The minimum Gasteiger partial charge on any atom is -0.355 e. The summed E-state index contributed by atoms with van der Waals surface area (Å²) in [6.07, 6.45) is 4.57. The van der Waals surface area contributed by atoms with Gasteiger partial charge >= 0.3 is 0 Å². The van der Waals surface area contributed by atoms with Crippen molar-refractivity contribution in [3.05, 3.63) is 30.1 Å². The summed E-state index contributed by atoms with van der Waals surface area (Å²) in [5, 5.41) is 0. The van der Waals surface area contributed by atoms with E-state index in [2.05, 4.69) is 16.2 Å². The van der Waals surface area contributed by atoms with E-state index < -0.39 is 0 Å². The van der Waals surface area contributed by atoms with Crippen LogP contribution < -0.4 is 10.6 Å². The Morgan fingerprint density at radius 2 is 2.33 bits per heavy atom. The number of hydrogen-bond acceptors (Lipinski definition) is 3. The van der Waals surface area contributed by atoms with E-state index in [1.54, 1.807) is 0 Å². The molecule has 4 nitrogen and oxygen atoms in total. The van der Waals surface area contributed by atoms with E-state index in [0.717, 1.165) is 36.2 Å². The topological polar surface area (TPSA) is 46.6 Å². The van der Waals surface area contributed by atoms with Crippen LogP contribution in [0.1, 0.15) is 25.5 Å². The van der Waals surface area contributed by atoms with Crippen LogP contribution >= 0.6 is 0 Å². The Bertz CT molecular complexity index is 546. The van der Waals surface area contributed by atoms with Crippen molar-refractivity contribution in [1.29, 1.82) is 0 Å². The molecule has 3 heterocycles. The van der Waals surface area contributed by atoms with E-state index in [9.17, 15) is 0 Å². The molecule has 0 spiro atoms. The van der Waals surface area contributed by atoms with Crippen molar-refractivity contribution in [1.82, 2.24) is 9.38 Å². The van der Waals surface area contributed by atoms with Crippen LogP contribution in [0.4, 0.5) is 5.82 Å². The minimum absolute atomic E-state index is 0.536. The Labute approximate surface area is 107 Å². The van der Waals surface area contributed by atoms with Crippen molar-refractivity contribution in [2.75, 3.05) is 18.0 Å². The predicted octanol–water partition coefficient (Wildman–Crippen LogP) is 2.03. The lowest BCUT2D eigenvalue weighted by atomic mass is 10.1. The third-order valence-corrected chi connectivity index (χ3v) is 3.96. The van der Waals surface area contributed by atoms with Gasteiger partial charge in [-0.3, -0.25) is 0 Å². The lowest BCUT2D eigenvalue weighted by Gasteiger charge is -2.17. The number of rotatable bonds is 3. The standard InChI is InChI=1S/C14H20N4/c1-2-11-6-8-17(10-11)14-12(9-15)18-7-4-3-5-13(18)16-14/h3-5,7,11H,2,6,8-10,15H2,1H3. The summed E-state index contributed by atoms with van der Waals surface area (Å²) in [4.78, 5) is 7.14. The number of imidazole rings is 1. The molecule has 0 radical (unpaired) electrons. The summed E-state index contributed by atoms with van der Waals surface area (Å²) >= 11 is 0. The molecule has 0 aliphatic carbocycles. The van der Waals surface area contributed by atoms with Gasteiger partial charge in [0.05, 0.1) is 5.69 Å². The van der Waals surface area contributed by atoms with E-state index in [0.29, 0.717) is 6.54 Å². The molecule has 4 heteroatoms. The highest BCUT2D eigenvalue weighted by Gasteiger charge is 2.25. The molecule has 18 heavy (non-hydrogen) atoms. The second kappa shape index (κ2) is 4.61. The average Bonchev–Trinajstić information content (AvgIpc) is 3.02. The number of fused-ring (bicyclic) bond motifs is 1. The Morgan fingerprint density at radius 1 is 1.44 bits per heavy atom. The molecule has 2 aromatic heterocycles. The molecule has 3 rings (SSSR count). The molecule has 1 fully saturated rings. The van der Waals surface area contributed by atoms with Gasteiger partial charge in [0, 0.05) is 25.8 Å². The number of nitrogens with two attached hydrogens (primary N) is 1. The van der Waals surface area contributed by atoms with Gasteiger partial charge in [0.2, 0.25) is 0 Å². The van der Waals surface area contributed by atoms with E-state index >= 15 is 0 Å². The van der Waals surface area contributed by atoms with Gasteiger partial charge in [-0.05, 0) is 24.5 Å². The predicted molar refractivity (Wildman–Crippen MR) is 73.7 cm³/mol. The summed E-state index contributed by atoms with van der Waals surface area (Å²) in [7, 11) is 0. The monoisotopic (exact) mass is 244 g/mol. The second-order valence-corrected chi connectivity index (χ2v) is 5.02. The quantitative estimate of drug-likeness (QED) is 0.898. The van der Waals surface area contributed by atoms with Crippen molar-refractivity contribution in [3.63, 3.8) is 0 Å². The van der Waals surface area contributed by atoms with Gasteiger partial charge in [0.15, 0.2) is 5.82 Å². The fourth-order valence-corrected chi connectivity index (χ4v) is 2.84. The molecule has 2 N–H and O–H groups in total. The van der Waals surface area contributed by atoms with E-state index in [-0.39, 0.29) is 0 Å².